The number of rotatable bonds is 4. The fraction of sp³-hybridized carbons (Fsp3) is 0.235. The van der Waals surface area contributed by atoms with Gasteiger partial charge in [0.05, 0.1) is 6.54 Å². The topological polar surface area (TPSA) is 36.3 Å². The largest absolute Gasteiger partial charge is 0.492 e. The molecule has 0 saturated carbocycles. The highest BCUT2D eigenvalue weighted by Gasteiger charge is 2.22. The lowest BCUT2D eigenvalue weighted by Gasteiger charge is -2.18. The summed E-state index contributed by atoms with van der Waals surface area (Å²) in [5.41, 5.74) is 3.47. The summed E-state index contributed by atoms with van der Waals surface area (Å²) in [4.78, 5) is 2.06. The van der Waals surface area contributed by atoms with Gasteiger partial charge in [0.25, 0.3) is 0 Å². The van der Waals surface area contributed by atoms with Gasteiger partial charge in [-0.2, -0.15) is 0 Å². The quantitative estimate of drug-likeness (QED) is 0.922. The normalized spacial score (nSPS) is 13.4. The number of hydrogen-bond donors (Lipinski definition) is 1. The molecule has 0 atom stereocenters. The van der Waals surface area contributed by atoms with Gasteiger partial charge in [-0.15, -0.1) is 0 Å². The van der Waals surface area contributed by atoms with Crippen LogP contribution in [0.2, 0.25) is 0 Å². The van der Waals surface area contributed by atoms with Gasteiger partial charge in [-0.25, -0.2) is 0 Å². The molecule has 1 aliphatic heterocycles. The molecule has 20 heavy (non-hydrogen) atoms. The Morgan fingerprint density at radius 1 is 1.15 bits per heavy atom. The summed E-state index contributed by atoms with van der Waals surface area (Å²) in [7, 11) is 0. The Balaban J connectivity index is 1.57. The van der Waals surface area contributed by atoms with Gasteiger partial charge in [-0.3, -0.25) is 5.41 Å². The SMILES string of the molecule is Cc1cccc(OCCN2Cc3ccccc3C2=N)c1. The standard InChI is InChI=1S/C17H18N2O/c1-13-5-4-7-15(11-13)20-10-9-19-12-14-6-2-3-8-16(14)17(19)18/h2-8,11,18H,9-10,12H2,1H3. The van der Waals surface area contributed by atoms with Crippen molar-refractivity contribution < 1.29 is 4.74 Å². The minimum absolute atomic E-state index is 0.597. The summed E-state index contributed by atoms with van der Waals surface area (Å²) in [5, 5.41) is 8.18. The molecule has 0 aliphatic carbocycles. The Morgan fingerprint density at radius 3 is 2.80 bits per heavy atom. The predicted molar refractivity (Wildman–Crippen MR) is 80.4 cm³/mol. The second kappa shape index (κ2) is 5.37. The Kier molecular flexibility index (Phi) is 3.42. The molecule has 1 heterocycles. The zero-order valence-corrected chi connectivity index (χ0v) is 11.6. The second-order valence-electron chi connectivity index (χ2n) is 5.09. The number of aryl methyl sites for hydroxylation is 1. The summed E-state index contributed by atoms with van der Waals surface area (Å²) < 4.78 is 5.76. The molecule has 102 valence electrons. The third-order valence-electron chi connectivity index (χ3n) is 3.57. The molecule has 0 saturated heterocycles. The van der Waals surface area contributed by atoms with E-state index >= 15 is 0 Å². The van der Waals surface area contributed by atoms with Crippen LogP contribution in [-0.2, 0) is 6.54 Å². The lowest BCUT2D eigenvalue weighted by atomic mass is 10.1. The highest BCUT2D eigenvalue weighted by atomic mass is 16.5. The van der Waals surface area contributed by atoms with Crippen molar-refractivity contribution in [1.82, 2.24) is 4.90 Å². The van der Waals surface area contributed by atoms with Crippen LogP contribution in [0.15, 0.2) is 48.5 Å². The van der Waals surface area contributed by atoms with E-state index in [9.17, 15) is 0 Å². The third-order valence-corrected chi connectivity index (χ3v) is 3.57. The number of hydrogen-bond acceptors (Lipinski definition) is 2. The zero-order chi connectivity index (χ0) is 13.9. The maximum atomic E-state index is 8.18. The Bertz CT molecular complexity index is 636. The van der Waals surface area contributed by atoms with E-state index in [0.29, 0.717) is 12.4 Å². The van der Waals surface area contributed by atoms with Gasteiger partial charge in [0.2, 0.25) is 0 Å². The van der Waals surface area contributed by atoms with E-state index < -0.39 is 0 Å². The minimum atomic E-state index is 0.597. The first-order valence-corrected chi connectivity index (χ1v) is 6.85. The highest BCUT2D eigenvalue weighted by Crippen LogP contribution is 2.22. The maximum absolute atomic E-state index is 8.18. The Morgan fingerprint density at radius 2 is 2.00 bits per heavy atom. The van der Waals surface area contributed by atoms with Crippen LogP contribution in [0, 0.1) is 12.3 Å². The van der Waals surface area contributed by atoms with Crippen molar-refractivity contribution >= 4 is 5.84 Å². The highest BCUT2D eigenvalue weighted by molar-refractivity contribution is 6.00. The number of benzene rings is 2. The van der Waals surface area contributed by atoms with Crippen molar-refractivity contribution in [3.8, 4) is 5.75 Å². The number of amidine groups is 1. The van der Waals surface area contributed by atoms with Gasteiger partial charge in [0, 0.05) is 12.1 Å². The number of nitrogens with zero attached hydrogens (tertiary/aromatic N) is 1. The van der Waals surface area contributed by atoms with Gasteiger partial charge < -0.3 is 9.64 Å². The monoisotopic (exact) mass is 266 g/mol. The molecule has 0 unspecified atom stereocenters. The molecule has 0 amide bonds. The van der Waals surface area contributed by atoms with Gasteiger partial charge in [0.1, 0.15) is 18.2 Å². The third kappa shape index (κ3) is 2.52. The van der Waals surface area contributed by atoms with E-state index in [1.807, 2.05) is 36.4 Å². The summed E-state index contributed by atoms with van der Waals surface area (Å²) in [5.74, 6) is 1.50. The van der Waals surface area contributed by atoms with Crippen LogP contribution in [-0.4, -0.2) is 23.9 Å². The van der Waals surface area contributed by atoms with Crippen molar-refractivity contribution in [3.05, 3.63) is 65.2 Å². The van der Waals surface area contributed by atoms with E-state index in [1.165, 1.54) is 11.1 Å². The summed E-state index contributed by atoms with van der Waals surface area (Å²) in [6.07, 6.45) is 0. The second-order valence-corrected chi connectivity index (χ2v) is 5.09. The van der Waals surface area contributed by atoms with E-state index in [0.717, 1.165) is 24.4 Å². The molecule has 1 N–H and O–H groups in total. The number of nitrogens with one attached hydrogen (secondary N) is 1. The van der Waals surface area contributed by atoms with Crippen LogP contribution in [0.25, 0.3) is 0 Å². The molecular weight excluding hydrogens is 248 g/mol. The molecule has 3 rings (SSSR count). The van der Waals surface area contributed by atoms with Gasteiger partial charge in [-0.05, 0) is 30.2 Å². The minimum Gasteiger partial charge on any atom is -0.492 e. The fourth-order valence-corrected chi connectivity index (χ4v) is 2.51. The molecule has 1 aliphatic rings. The average Bonchev–Trinajstić information content (AvgIpc) is 2.76. The van der Waals surface area contributed by atoms with Crippen molar-refractivity contribution in [2.75, 3.05) is 13.2 Å². The predicted octanol–water partition coefficient (Wildman–Crippen LogP) is 3.21. The molecule has 0 bridgehead atoms. The van der Waals surface area contributed by atoms with Crippen LogP contribution < -0.4 is 4.74 Å². The van der Waals surface area contributed by atoms with Crippen molar-refractivity contribution in [2.45, 2.75) is 13.5 Å². The number of fused-ring (bicyclic) bond motifs is 1. The molecule has 2 aromatic rings. The summed E-state index contributed by atoms with van der Waals surface area (Å²) >= 11 is 0. The first-order chi connectivity index (χ1) is 9.74. The van der Waals surface area contributed by atoms with Gasteiger partial charge in [0.15, 0.2) is 0 Å². The van der Waals surface area contributed by atoms with Crippen LogP contribution in [0.1, 0.15) is 16.7 Å². The molecular formula is C17H18N2O. The molecule has 0 fully saturated rings. The van der Waals surface area contributed by atoms with Crippen LogP contribution in [0.5, 0.6) is 5.75 Å². The summed E-state index contributed by atoms with van der Waals surface area (Å²) in [6.45, 7) is 4.20. The van der Waals surface area contributed by atoms with E-state index in [2.05, 4.69) is 24.0 Å². The lowest BCUT2D eigenvalue weighted by molar-refractivity contribution is 0.269. The maximum Gasteiger partial charge on any atom is 0.128 e. The molecule has 3 heteroatoms. The number of ether oxygens (including phenoxy) is 1. The molecule has 3 nitrogen and oxygen atoms in total. The van der Waals surface area contributed by atoms with Crippen molar-refractivity contribution in [3.63, 3.8) is 0 Å². The van der Waals surface area contributed by atoms with E-state index in [4.69, 9.17) is 10.1 Å². The first kappa shape index (κ1) is 12.7. The molecule has 0 spiro atoms. The van der Waals surface area contributed by atoms with Gasteiger partial charge >= 0.3 is 0 Å². The average molecular weight is 266 g/mol. The van der Waals surface area contributed by atoms with E-state index in [-0.39, 0.29) is 0 Å². The molecule has 0 aromatic heterocycles. The van der Waals surface area contributed by atoms with Crippen molar-refractivity contribution in [2.24, 2.45) is 0 Å². The Labute approximate surface area is 119 Å². The van der Waals surface area contributed by atoms with Crippen LogP contribution >= 0.6 is 0 Å². The fourth-order valence-electron chi connectivity index (χ4n) is 2.51. The van der Waals surface area contributed by atoms with E-state index in [1.54, 1.807) is 0 Å². The summed E-state index contributed by atoms with van der Waals surface area (Å²) in [6, 6.07) is 16.2. The van der Waals surface area contributed by atoms with Crippen molar-refractivity contribution in [1.29, 1.82) is 5.41 Å². The Hall–Kier alpha value is -2.29. The smallest absolute Gasteiger partial charge is 0.128 e. The first-order valence-electron chi connectivity index (χ1n) is 6.85. The molecule has 2 aromatic carbocycles. The van der Waals surface area contributed by atoms with Gasteiger partial charge in [-0.1, -0.05) is 36.4 Å². The zero-order valence-electron chi connectivity index (χ0n) is 11.6. The van der Waals surface area contributed by atoms with Crippen LogP contribution in [0.4, 0.5) is 0 Å². The lowest BCUT2D eigenvalue weighted by Crippen LogP contribution is -2.28. The molecule has 0 radical (unpaired) electrons. The van der Waals surface area contributed by atoms with Crippen LogP contribution in [0.3, 0.4) is 0 Å².